The lowest BCUT2D eigenvalue weighted by atomic mass is 10.1. The second-order valence-electron chi connectivity index (χ2n) is 5.33. The number of phenols is 1. The highest BCUT2D eigenvalue weighted by Gasteiger charge is 2.17. The number of anilines is 1. The third-order valence-corrected chi connectivity index (χ3v) is 3.55. The van der Waals surface area contributed by atoms with Crippen LogP contribution in [0.4, 0.5) is 5.82 Å². The average molecular weight is 315 g/mol. The van der Waals surface area contributed by atoms with Gasteiger partial charge in [-0.1, -0.05) is 18.2 Å². The first-order valence-electron chi connectivity index (χ1n) is 7.42. The van der Waals surface area contributed by atoms with E-state index in [1.165, 1.54) is 0 Å². The molecule has 0 aliphatic heterocycles. The van der Waals surface area contributed by atoms with Crippen molar-refractivity contribution in [1.82, 2.24) is 10.3 Å². The highest BCUT2D eigenvalue weighted by atomic mass is 16.4. The maximum absolute atomic E-state index is 11.4. The molecule has 0 aliphatic rings. The summed E-state index contributed by atoms with van der Waals surface area (Å²) in [6, 6.07) is 11.6. The van der Waals surface area contributed by atoms with Crippen LogP contribution in [0.1, 0.15) is 5.56 Å². The van der Waals surface area contributed by atoms with Gasteiger partial charge in [0.15, 0.2) is 0 Å². The van der Waals surface area contributed by atoms with Crippen molar-refractivity contribution in [3.05, 3.63) is 54.2 Å². The number of pyridine rings is 1. The first-order chi connectivity index (χ1) is 11.1. The SMILES string of the molecule is CN(CCN[C@@H](Cc1ccc(O)cc1)C(=O)O)c1ccccn1. The van der Waals surface area contributed by atoms with Gasteiger partial charge in [0.1, 0.15) is 17.6 Å². The molecule has 0 bridgehead atoms. The Bertz CT molecular complexity index is 617. The summed E-state index contributed by atoms with van der Waals surface area (Å²) in [4.78, 5) is 17.6. The van der Waals surface area contributed by atoms with E-state index in [1.807, 2.05) is 30.1 Å². The summed E-state index contributed by atoms with van der Waals surface area (Å²) in [5, 5.41) is 21.7. The van der Waals surface area contributed by atoms with E-state index in [0.717, 1.165) is 11.4 Å². The summed E-state index contributed by atoms with van der Waals surface area (Å²) < 4.78 is 0. The van der Waals surface area contributed by atoms with E-state index in [0.29, 0.717) is 19.5 Å². The zero-order valence-electron chi connectivity index (χ0n) is 13.0. The van der Waals surface area contributed by atoms with Crippen molar-refractivity contribution in [3.8, 4) is 5.75 Å². The van der Waals surface area contributed by atoms with Crippen LogP contribution in [-0.2, 0) is 11.2 Å². The Labute approximate surface area is 135 Å². The van der Waals surface area contributed by atoms with Crippen molar-refractivity contribution in [2.75, 3.05) is 25.0 Å². The van der Waals surface area contributed by atoms with Crippen molar-refractivity contribution in [1.29, 1.82) is 0 Å². The van der Waals surface area contributed by atoms with E-state index in [4.69, 9.17) is 0 Å². The fourth-order valence-electron chi connectivity index (χ4n) is 2.22. The predicted molar refractivity (Wildman–Crippen MR) is 88.7 cm³/mol. The topological polar surface area (TPSA) is 85.7 Å². The van der Waals surface area contributed by atoms with Crippen molar-refractivity contribution in [2.45, 2.75) is 12.5 Å². The molecule has 0 saturated carbocycles. The number of nitrogens with zero attached hydrogens (tertiary/aromatic N) is 2. The van der Waals surface area contributed by atoms with Crippen LogP contribution in [0.3, 0.4) is 0 Å². The summed E-state index contributed by atoms with van der Waals surface area (Å²) in [6.07, 6.45) is 2.09. The minimum atomic E-state index is -0.890. The molecule has 2 rings (SSSR count). The van der Waals surface area contributed by atoms with Crippen molar-refractivity contribution >= 4 is 11.8 Å². The van der Waals surface area contributed by atoms with Crippen molar-refractivity contribution in [2.24, 2.45) is 0 Å². The van der Waals surface area contributed by atoms with E-state index in [1.54, 1.807) is 30.5 Å². The molecule has 3 N–H and O–H groups in total. The van der Waals surface area contributed by atoms with Crippen LogP contribution in [0.2, 0.25) is 0 Å². The van der Waals surface area contributed by atoms with Gasteiger partial charge in [0, 0.05) is 26.3 Å². The van der Waals surface area contributed by atoms with Gasteiger partial charge in [0.05, 0.1) is 0 Å². The Morgan fingerprint density at radius 1 is 1.26 bits per heavy atom. The molecule has 23 heavy (non-hydrogen) atoms. The molecule has 122 valence electrons. The number of hydrogen-bond donors (Lipinski definition) is 3. The Kier molecular flexibility index (Phi) is 5.94. The van der Waals surface area contributed by atoms with E-state index < -0.39 is 12.0 Å². The Hall–Kier alpha value is -2.60. The van der Waals surface area contributed by atoms with E-state index in [-0.39, 0.29) is 5.75 Å². The van der Waals surface area contributed by atoms with Gasteiger partial charge in [-0.15, -0.1) is 0 Å². The molecule has 1 aromatic heterocycles. The molecular formula is C17H21N3O3. The number of benzene rings is 1. The van der Waals surface area contributed by atoms with Gasteiger partial charge >= 0.3 is 5.97 Å². The first-order valence-corrected chi connectivity index (χ1v) is 7.42. The maximum Gasteiger partial charge on any atom is 0.321 e. The minimum Gasteiger partial charge on any atom is -0.508 e. The first kappa shape index (κ1) is 16.8. The second-order valence-corrected chi connectivity index (χ2v) is 5.33. The molecular weight excluding hydrogens is 294 g/mol. The second kappa shape index (κ2) is 8.14. The van der Waals surface area contributed by atoms with Crippen LogP contribution in [0, 0.1) is 0 Å². The number of carboxylic acid groups (broad SMARTS) is 1. The van der Waals surface area contributed by atoms with Crippen molar-refractivity contribution in [3.63, 3.8) is 0 Å². The maximum atomic E-state index is 11.4. The number of aromatic hydroxyl groups is 1. The molecule has 1 aromatic carbocycles. The lowest BCUT2D eigenvalue weighted by molar-refractivity contribution is -0.139. The third kappa shape index (κ3) is 5.27. The van der Waals surface area contributed by atoms with Gasteiger partial charge in [-0.05, 0) is 36.2 Å². The lowest BCUT2D eigenvalue weighted by Gasteiger charge is -2.20. The number of aromatic nitrogens is 1. The lowest BCUT2D eigenvalue weighted by Crippen LogP contribution is -2.42. The molecule has 0 unspecified atom stereocenters. The highest BCUT2D eigenvalue weighted by Crippen LogP contribution is 2.11. The van der Waals surface area contributed by atoms with E-state index in [9.17, 15) is 15.0 Å². The number of nitrogens with one attached hydrogen (secondary N) is 1. The zero-order valence-corrected chi connectivity index (χ0v) is 13.0. The standard InChI is InChI=1S/C17H21N3O3/c1-20(16-4-2-3-9-19-16)11-10-18-15(17(22)23)12-13-5-7-14(21)8-6-13/h2-9,15,18,21H,10-12H2,1H3,(H,22,23)/t15-/m0/s1. The van der Waals surface area contributed by atoms with Gasteiger partial charge in [0.2, 0.25) is 0 Å². The summed E-state index contributed by atoms with van der Waals surface area (Å²) in [7, 11) is 1.92. The summed E-state index contributed by atoms with van der Waals surface area (Å²) >= 11 is 0. The summed E-state index contributed by atoms with van der Waals surface area (Å²) in [5.74, 6) is 0.129. The van der Waals surface area contributed by atoms with E-state index >= 15 is 0 Å². The van der Waals surface area contributed by atoms with Gasteiger partial charge in [-0.25, -0.2) is 4.98 Å². The molecule has 0 spiro atoms. The van der Waals surface area contributed by atoms with E-state index in [2.05, 4.69) is 10.3 Å². The fraction of sp³-hybridized carbons (Fsp3) is 0.294. The Balaban J connectivity index is 1.85. The normalized spacial score (nSPS) is 11.9. The molecule has 2 aromatic rings. The van der Waals surface area contributed by atoms with Crippen LogP contribution in [0.15, 0.2) is 48.7 Å². The zero-order chi connectivity index (χ0) is 16.7. The van der Waals surface area contributed by atoms with Crippen LogP contribution >= 0.6 is 0 Å². The molecule has 0 fully saturated rings. The number of aliphatic carboxylic acids is 1. The van der Waals surface area contributed by atoms with Crippen LogP contribution in [-0.4, -0.2) is 47.3 Å². The fourth-order valence-corrected chi connectivity index (χ4v) is 2.22. The number of carboxylic acids is 1. The number of rotatable bonds is 8. The molecule has 0 saturated heterocycles. The Morgan fingerprint density at radius 2 is 2.00 bits per heavy atom. The number of hydrogen-bond acceptors (Lipinski definition) is 5. The molecule has 0 aliphatic carbocycles. The molecule has 1 heterocycles. The number of carbonyl (C=O) groups is 1. The smallest absolute Gasteiger partial charge is 0.321 e. The number of likely N-dealkylation sites (N-methyl/N-ethyl adjacent to an activating group) is 1. The van der Waals surface area contributed by atoms with Gasteiger partial charge < -0.3 is 20.4 Å². The monoisotopic (exact) mass is 315 g/mol. The van der Waals surface area contributed by atoms with Gasteiger partial charge in [0.25, 0.3) is 0 Å². The highest BCUT2D eigenvalue weighted by molar-refractivity contribution is 5.73. The van der Waals surface area contributed by atoms with Gasteiger partial charge in [-0.3, -0.25) is 4.79 Å². The Morgan fingerprint density at radius 3 is 2.61 bits per heavy atom. The molecule has 6 nitrogen and oxygen atoms in total. The quantitative estimate of drug-likeness (QED) is 0.684. The molecule has 0 radical (unpaired) electrons. The summed E-state index contributed by atoms with van der Waals surface area (Å²) in [5.41, 5.74) is 0.862. The van der Waals surface area contributed by atoms with Gasteiger partial charge in [-0.2, -0.15) is 0 Å². The average Bonchev–Trinajstić information content (AvgIpc) is 2.56. The van der Waals surface area contributed by atoms with Crippen molar-refractivity contribution < 1.29 is 15.0 Å². The third-order valence-electron chi connectivity index (χ3n) is 3.55. The molecule has 6 heteroatoms. The minimum absolute atomic E-state index is 0.172. The predicted octanol–water partition coefficient (Wildman–Crippen LogP) is 1.51. The van der Waals surface area contributed by atoms with Crippen LogP contribution in [0.25, 0.3) is 0 Å². The van der Waals surface area contributed by atoms with Crippen LogP contribution < -0.4 is 10.2 Å². The molecule has 1 atom stereocenters. The largest absolute Gasteiger partial charge is 0.508 e. The number of phenolic OH excluding ortho intramolecular Hbond substituents is 1. The molecule has 0 amide bonds. The van der Waals surface area contributed by atoms with Crippen LogP contribution in [0.5, 0.6) is 5.75 Å². The summed E-state index contributed by atoms with van der Waals surface area (Å²) in [6.45, 7) is 1.18.